The van der Waals surface area contributed by atoms with Crippen molar-refractivity contribution < 1.29 is 36.6 Å². The normalized spacial score (nSPS) is 13.2. The zero-order valence-corrected chi connectivity index (χ0v) is 19.1. The first-order valence-corrected chi connectivity index (χ1v) is 10.5. The third-order valence-corrected chi connectivity index (χ3v) is 5.58. The van der Waals surface area contributed by atoms with Crippen LogP contribution in [0.15, 0.2) is 53.1 Å². The lowest BCUT2D eigenvalue weighted by Crippen LogP contribution is -2.59. The van der Waals surface area contributed by atoms with Crippen LogP contribution >= 0.6 is 15.9 Å². The van der Waals surface area contributed by atoms with E-state index in [4.69, 9.17) is 5.73 Å². The Hall–Kier alpha value is -3.52. The first-order valence-electron chi connectivity index (χ1n) is 9.73. The first-order chi connectivity index (χ1) is 16.3. The van der Waals surface area contributed by atoms with Crippen LogP contribution in [0.5, 0.6) is 0 Å². The van der Waals surface area contributed by atoms with Crippen LogP contribution in [-0.2, 0) is 0 Å². The largest absolute Gasteiger partial charge is 0.420 e. The lowest BCUT2D eigenvalue weighted by molar-refractivity contribution is -0.254. The second-order valence-corrected chi connectivity index (χ2v) is 8.18. The molecule has 3 aromatic rings. The van der Waals surface area contributed by atoms with E-state index < -0.39 is 53.9 Å². The van der Waals surface area contributed by atoms with Crippen molar-refractivity contribution in [2.45, 2.75) is 11.8 Å². The van der Waals surface area contributed by atoms with Gasteiger partial charge in [-0.1, -0.05) is 6.07 Å². The lowest BCUT2D eigenvalue weighted by Gasteiger charge is -2.30. The molecule has 0 aliphatic heterocycles. The van der Waals surface area contributed by atoms with Gasteiger partial charge in [0.2, 0.25) is 0 Å². The van der Waals surface area contributed by atoms with Gasteiger partial charge in [0.15, 0.2) is 5.60 Å². The molecule has 14 heteroatoms. The summed E-state index contributed by atoms with van der Waals surface area (Å²) in [6.07, 6.45) is -4.30. The molecule has 1 unspecified atom stereocenters. The summed E-state index contributed by atoms with van der Waals surface area (Å²) < 4.78 is 68.9. The van der Waals surface area contributed by atoms with Crippen molar-refractivity contribution in [2.24, 2.45) is 0 Å². The number of aromatic nitrogens is 2. The molecule has 0 bridgehead atoms. The number of rotatable bonds is 7. The Labute approximate surface area is 203 Å². The van der Waals surface area contributed by atoms with Crippen molar-refractivity contribution >= 4 is 33.6 Å². The molecule has 8 nitrogen and oxygen atoms in total. The van der Waals surface area contributed by atoms with Crippen molar-refractivity contribution in [1.29, 1.82) is 0 Å². The van der Waals surface area contributed by atoms with Crippen LogP contribution < -0.4 is 16.4 Å². The average molecular weight is 562 g/mol. The van der Waals surface area contributed by atoms with Gasteiger partial charge in [-0.05, 0) is 52.3 Å². The molecule has 2 aromatic carbocycles. The summed E-state index contributed by atoms with van der Waals surface area (Å²) in [6, 6.07) is 8.40. The number of alkyl halides is 3. The van der Waals surface area contributed by atoms with Gasteiger partial charge in [-0.3, -0.25) is 9.59 Å². The molecule has 0 aliphatic rings. The van der Waals surface area contributed by atoms with E-state index in [1.807, 2.05) is 10.6 Å². The maximum Gasteiger partial charge on any atom is 0.420 e. The number of halogens is 6. The van der Waals surface area contributed by atoms with E-state index in [-0.39, 0.29) is 21.5 Å². The van der Waals surface area contributed by atoms with Gasteiger partial charge < -0.3 is 21.5 Å². The Balaban J connectivity index is 1.73. The van der Waals surface area contributed by atoms with Crippen molar-refractivity contribution in [3.63, 3.8) is 0 Å². The fourth-order valence-corrected chi connectivity index (χ4v) is 3.46. The van der Waals surface area contributed by atoms with Gasteiger partial charge in [0.05, 0.1) is 30.5 Å². The van der Waals surface area contributed by atoms with E-state index in [0.717, 1.165) is 29.1 Å². The molecule has 0 saturated heterocycles. The molecule has 0 saturated carbocycles. The zero-order valence-electron chi connectivity index (χ0n) is 17.5. The number of hydrogen-bond donors (Lipinski definition) is 4. The Morgan fingerprint density at radius 1 is 1.03 bits per heavy atom. The van der Waals surface area contributed by atoms with E-state index in [1.54, 1.807) is 0 Å². The van der Waals surface area contributed by atoms with Crippen LogP contribution in [0.2, 0.25) is 0 Å². The standard InChI is InChI=1S/C21H17BrF5N5O3/c22-14-2-1-3-15(24)16(14)19(34)30-10-20(35,21(25,26)27)9-29-18(33)13-8-31-32(17(13)28)12-6-4-11(23)5-7-12/h1-8,35H,9-10,28H2,(H,29,33)(H,30,34). The van der Waals surface area contributed by atoms with E-state index >= 15 is 0 Å². The van der Waals surface area contributed by atoms with Gasteiger partial charge in [-0.15, -0.1) is 0 Å². The molecule has 0 spiro atoms. The summed E-state index contributed by atoms with van der Waals surface area (Å²) in [5.74, 6) is -4.08. The fourth-order valence-electron chi connectivity index (χ4n) is 2.94. The maximum absolute atomic E-state index is 13.9. The smallest absolute Gasteiger partial charge is 0.383 e. The number of nitrogens with zero attached hydrogens (tertiary/aromatic N) is 2. The maximum atomic E-state index is 13.9. The van der Waals surface area contributed by atoms with Crippen LogP contribution in [0.4, 0.5) is 27.8 Å². The van der Waals surface area contributed by atoms with Crippen LogP contribution in [0.25, 0.3) is 5.69 Å². The summed E-state index contributed by atoms with van der Waals surface area (Å²) in [4.78, 5) is 24.7. The number of amides is 2. The van der Waals surface area contributed by atoms with E-state index in [9.17, 15) is 36.6 Å². The van der Waals surface area contributed by atoms with Crippen molar-refractivity contribution in [3.8, 4) is 5.69 Å². The molecule has 1 atom stereocenters. The molecule has 1 heterocycles. The average Bonchev–Trinajstić information content (AvgIpc) is 3.17. The Morgan fingerprint density at radius 2 is 1.63 bits per heavy atom. The van der Waals surface area contributed by atoms with E-state index in [2.05, 4.69) is 21.0 Å². The topological polar surface area (TPSA) is 122 Å². The highest BCUT2D eigenvalue weighted by Crippen LogP contribution is 2.30. The Morgan fingerprint density at radius 3 is 2.20 bits per heavy atom. The highest BCUT2D eigenvalue weighted by Gasteiger charge is 2.54. The van der Waals surface area contributed by atoms with Crippen LogP contribution in [-0.4, -0.2) is 51.6 Å². The molecular formula is C21H17BrF5N5O3. The molecule has 0 aliphatic carbocycles. The number of hydrogen-bond acceptors (Lipinski definition) is 5. The van der Waals surface area contributed by atoms with Gasteiger partial charge in [0, 0.05) is 4.47 Å². The summed E-state index contributed by atoms with van der Waals surface area (Å²) in [6.45, 7) is -2.75. The SMILES string of the molecule is Nc1c(C(=O)NCC(O)(CNC(=O)c2c(F)cccc2Br)C(F)(F)F)cnn1-c1ccc(F)cc1. The van der Waals surface area contributed by atoms with E-state index in [0.29, 0.717) is 0 Å². The summed E-state index contributed by atoms with van der Waals surface area (Å²) in [5, 5.41) is 17.8. The van der Waals surface area contributed by atoms with E-state index in [1.165, 1.54) is 24.3 Å². The quantitative estimate of drug-likeness (QED) is 0.330. The minimum absolute atomic E-state index is 0.00695. The number of aliphatic hydroxyl groups is 1. The van der Waals surface area contributed by atoms with Gasteiger partial charge in [0.1, 0.15) is 23.0 Å². The Bertz CT molecular complexity index is 1230. The predicted octanol–water partition coefficient (Wildman–Crippen LogP) is 2.95. The second kappa shape index (κ2) is 10.00. The number of anilines is 1. The Kier molecular flexibility index (Phi) is 7.45. The number of nitrogen functional groups attached to an aromatic ring is 1. The molecule has 1 aromatic heterocycles. The van der Waals surface area contributed by atoms with Crippen molar-refractivity contribution in [1.82, 2.24) is 20.4 Å². The van der Waals surface area contributed by atoms with Crippen LogP contribution in [0, 0.1) is 11.6 Å². The van der Waals surface area contributed by atoms with Crippen LogP contribution in [0.1, 0.15) is 20.7 Å². The minimum Gasteiger partial charge on any atom is -0.383 e. The van der Waals surface area contributed by atoms with Gasteiger partial charge in [-0.25, -0.2) is 13.5 Å². The minimum atomic E-state index is -5.29. The molecular weight excluding hydrogens is 545 g/mol. The third kappa shape index (κ3) is 5.59. The summed E-state index contributed by atoms with van der Waals surface area (Å²) >= 11 is 2.93. The molecule has 35 heavy (non-hydrogen) atoms. The van der Waals surface area contributed by atoms with Gasteiger partial charge in [-0.2, -0.15) is 18.3 Å². The second-order valence-electron chi connectivity index (χ2n) is 7.32. The van der Waals surface area contributed by atoms with Gasteiger partial charge in [0.25, 0.3) is 11.8 Å². The highest BCUT2D eigenvalue weighted by atomic mass is 79.9. The predicted molar refractivity (Wildman–Crippen MR) is 118 cm³/mol. The molecule has 0 radical (unpaired) electrons. The van der Waals surface area contributed by atoms with Crippen molar-refractivity contribution in [2.75, 3.05) is 18.8 Å². The lowest BCUT2D eigenvalue weighted by atomic mass is 10.0. The summed E-state index contributed by atoms with van der Waals surface area (Å²) in [5.41, 5.74) is 1.68. The van der Waals surface area contributed by atoms with Crippen molar-refractivity contribution in [3.05, 3.63) is 75.9 Å². The summed E-state index contributed by atoms with van der Waals surface area (Å²) in [7, 11) is 0. The number of benzene rings is 2. The third-order valence-electron chi connectivity index (χ3n) is 4.92. The fraction of sp³-hybridized carbons (Fsp3) is 0.190. The molecule has 5 N–H and O–H groups in total. The molecule has 2 amide bonds. The van der Waals surface area contributed by atoms with Gasteiger partial charge >= 0.3 is 6.18 Å². The number of nitrogens with two attached hydrogens (primary N) is 1. The number of carbonyl (C=O) groups is 2. The molecule has 0 fully saturated rings. The number of nitrogens with one attached hydrogen (secondary N) is 2. The zero-order chi connectivity index (χ0) is 26.0. The highest BCUT2D eigenvalue weighted by molar-refractivity contribution is 9.10. The first kappa shape index (κ1) is 26.1. The van der Waals surface area contributed by atoms with Crippen LogP contribution in [0.3, 0.4) is 0 Å². The molecule has 3 rings (SSSR count). The number of carbonyl (C=O) groups excluding carboxylic acids is 2. The monoisotopic (exact) mass is 561 g/mol. The molecule has 186 valence electrons.